The summed E-state index contributed by atoms with van der Waals surface area (Å²) in [6, 6.07) is 7.93. The maximum absolute atomic E-state index is 12.0. The van der Waals surface area contributed by atoms with Crippen molar-refractivity contribution in [3.63, 3.8) is 0 Å². The number of rotatable bonds is 10. The first-order valence-electron chi connectivity index (χ1n) is 10.2. The third-order valence-electron chi connectivity index (χ3n) is 4.61. The van der Waals surface area contributed by atoms with Gasteiger partial charge in [-0.1, -0.05) is 25.0 Å². The molecule has 1 aliphatic carbocycles. The molecule has 2 rings (SSSR count). The van der Waals surface area contributed by atoms with E-state index in [0.717, 1.165) is 19.4 Å². The number of nitrogens with zero attached hydrogens (tertiary/aromatic N) is 1. The molecule has 0 bridgehead atoms. The van der Waals surface area contributed by atoms with Gasteiger partial charge in [-0.05, 0) is 38.8 Å². The summed E-state index contributed by atoms with van der Waals surface area (Å²) in [6.45, 7) is 5.77. The number of amides is 1. The predicted molar refractivity (Wildman–Crippen MR) is 127 cm³/mol. The van der Waals surface area contributed by atoms with Crippen molar-refractivity contribution < 1.29 is 14.3 Å². The van der Waals surface area contributed by atoms with E-state index in [-0.39, 0.29) is 36.0 Å². The van der Waals surface area contributed by atoms with Gasteiger partial charge in [0.2, 0.25) is 5.91 Å². The quantitative estimate of drug-likeness (QED) is 0.252. The summed E-state index contributed by atoms with van der Waals surface area (Å²) >= 11 is 0. The summed E-state index contributed by atoms with van der Waals surface area (Å²) in [5, 5.41) is 9.52. The first kappa shape index (κ1) is 25.3. The van der Waals surface area contributed by atoms with Crippen LogP contribution in [0.5, 0.6) is 11.5 Å². The lowest BCUT2D eigenvalue weighted by molar-refractivity contribution is -0.121. The molecule has 1 aliphatic rings. The number of methoxy groups -OCH3 is 1. The Morgan fingerprint density at radius 2 is 1.90 bits per heavy atom. The van der Waals surface area contributed by atoms with Crippen molar-refractivity contribution in [1.82, 2.24) is 16.0 Å². The molecule has 8 heteroatoms. The third kappa shape index (κ3) is 9.56. The Bertz CT molecular complexity index is 636. The smallest absolute Gasteiger partial charge is 0.221 e. The van der Waals surface area contributed by atoms with Gasteiger partial charge in [-0.3, -0.25) is 4.79 Å². The lowest BCUT2D eigenvalue weighted by Crippen LogP contribution is -2.41. The molecule has 1 unspecified atom stereocenters. The van der Waals surface area contributed by atoms with E-state index < -0.39 is 0 Å². The fraction of sp³-hybridized carbons (Fsp3) is 0.619. The van der Waals surface area contributed by atoms with Crippen molar-refractivity contribution in [2.75, 3.05) is 26.7 Å². The van der Waals surface area contributed by atoms with Gasteiger partial charge in [0.15, 0.2) is 17.5 Å². The summed E-state index contributed by atoms with van der Waals surface area (Å²) in [5.74, 6) is 2.20. The number of halogens is 1. The van der Waals surface area contributed by atoms with Crippen molar-refractivity contribution in [3.8, 4) is 11.5 Å². The molecule has 0 heterocycles. The van der Waals surface area contributed by atoms with Crippen LogP contribution in [-0.4, -0.2) is 50.8 Å². The summed E-state index contributed by atoms with van der Waals surface area (Å²) in [7, 11) is 1.63. The fourth-order valence-electron chi connectivity index (χ4n) is 3.20. The van der Waals surface area contributed by atoms with Gasteiger partial charge in [-0.15, -0.1) is 24.0 Å². The molecular weight excluding hydrogens is 483 g/mol. The molecule has 3 N–H and O–H groups in total. The van der Waals surface area contributed by atoms with Crippen molar-refractivity contribution in [3.05, 3.63) is 24.3 Å². The van der Waals surface area contributed by atoms with Gasteiger partial charge in [0.05, 0.1) is 13.7 Å². The zero-order valence-corrected chi connectivity index (χ0v) is 20.0. The van der Waals surface area contributed by atoms with Crippen molar-refractivity contribution in [2.45, 2.75) is 58.1 Å². The van der Waals surface area contributed by atoms with E-state index in [1.165, 1.54) is 12.8 Å². The van der Waals surface area contributed by atoms with Crippen LogP contribution >= 0.6 is 24.0 Å². The van der Waals surface area contributed by atoms with E-state index >= 15 is 0 Å². The Morgan fingerprint density at radius 3 is 2.55 bits per heavy atom. The van der Waals surface area contributed by atoms with Crippen molar-refractivity contribution >= 4 is 35.8 Å². The highest BCUT2D eigenvalue weighted by Crippen LogP contribution is 2.26. The van der Waals surface area contributed by atoms with Gasteiger partial charge in [0.1, 0.15) is 6.10 Å². The molecular formula is C21H35IN4O3. The number of ether oxygens (including phenoxy) is 2. The molecule has 29 heavy (non-hydrogen) atoms. The number of carbonyl (C=O) groups excluding carboxylic acids is 1. The second-order valence-corrected chi connectivity index (χ2v) is 7.02. The highest BCUT2D eigenvalue weighted by Gasteiger charge is 2.16. The van der Waals surface area contributed by atoms with E-state index in [4.69, 9.17) is 9.47 Å². The monoisotopic (exact) mass is 518 g/mol. The minimum absolute atomic E-state index is 0. The molecule has 0 aliphatic heterocycles. The normalized spacial score (nSPS) is 15.2. The van der Waals surface area contributed by atoms with E-state index in [0.29, 0.717) is 43.0 Å². The summed E-state index contributed by atoms with van der Waals surface area (Å²) in [5.41, 5.74) is 0. The number of hydrogen-bond acceptors (Lipinski definition) is 4. The molecule has 1 atom stereocenters. The van der Waals surface area contributed by atoms with Crippen LogP contribution in [0.15, 0.2) is 29.3 Å². The predicted octanol–water partition coefficient (Wildman–Crippen LogP) is 3.08. The van der Waals surface area contributed by atoms with Crippen LogP contribution in [0.3, 0.4) is 0 Å². The number of para-hydroxylation sites is 2. The molecule has 1 amide bonds. The first-order chi connectivity index (χ1) is 13.6. The van der Waals surface area contributed by atoms with Gasteiger partial charge < -0.3 is 25.4 Å². The Hall–Kier alpha value is -1.71. The van der Waals surface area contributed by atoms with E-state index in [1.54, 1.807) is 7.11 Å². The summed E-state index contributed by atoms with van der Waals surface area (Å²) in [4.78, 5) is 16.6. The van der Waals surface area contributed by atoms with E-state index in [9.17, 15) is 4.79 Å². The molecule has 164 valence electrons. The number of nitrogens with one attached hydrogen (secondary N) is 3. The van der Waals surface area contributed by atoms with Crippen LogP contribution < -0.4 is 25.4 Å². The minimum Gasteiger partial charge on any atom is -0.493 e. The Labute approximate surface area is 191 Å². The Balaban J connectivity index is 0.00000420. The van der Waals surface area contributed by atoms with Gasteiger partial charge >= 0.3 is 0 Å². The van der Waals surface area contributed by atoms with Gasteiger partial charge in [0, 0.05) is 25.6 Å². The molecule has 0 saturated heterocycles. The second kappa shape index (κ2) is 14.3. The zero-order valence-electron chi connectivity index (χ0n) is 17.7. The maximum Gasteiger partial charge on any atom is 0.221 e. The second-order valence-electron chi connectivity index (χ2n) is 7.02. The molecule has 1 aromatic carbocycles. The van der Waals surface area contributed by atoms with Crippen molar-refractivity contribution in [1.29, 1.82) is 0 Å². The number of guanidine groups is 1. The lowest BCUT2D eigenvalue weighted by atomic mass is 10.2. The van der Waals surface area contributed by atoms with Gasteiger partial charge in [0.25, 0.3) is 0 Å². The van der Waals surface area contributed by atoms with Crippen molar-refractivity contribution in [2.24, 2.45) is 4.99 Å². The number of carbonyl (C=O) groups is 1. The average molecular weight is 518 g/mol. The molecule has 1 fully saturated rings. The SMILES string of the molecule is CCNC(=NCC(C)Oc1ccccc1OC)NCCC(=O)NC1CCCC1.I. The lowest BCUT2D eigenvalue weighted by Gasteiger charge is -2.17. The van der Waals surface area contributed by atoms with Crippen LogP contribution in [0, 0.1) is 0 Å². The van der Waals surface area contributed by atoms with Crippen LogP contribution in [0.2, 0.25) is 0 Å². The Kier molecular flexibility index (Phi) is 12.5. The topological polar surface area (TPSA) is 84.0 Å². The highest BCUT2D eigenvalue weighted by atomic mass is 127. The van der Waals surface area contributed by atoms with E-state index in [1.807, 2.05) is 38.1 Å². The Morgan fingerprint density at radius 1 is 1.21 bits per heavy atom. The molecule has 7 nitrogen and oxygen atoms in total. The number of benzene rings is 1. The minimum atomic E-state index is -0.113. The first-order valence-corrected chi connectivity index (χ1v) is 10.2. The highest BCUT2D eigenvalue weighted by molar-refractivity contribution is 14.0. The molecule has 0 aromatic heterocycles. The molecule has 1 aromatic rings. The molecule has 1 saturated carbocycles. The van der Waals surface area contributed by atoms with Crippen LogP contribution in [0.1, 0.15) is 46.0 Å². The largest absolute Gasteiger partial charge is 0.493 e. The van der Waals surface area contributed by atoms with Crippen LogP contribution in [-0.2, 0) is 4.79 Å². The fourth-order valence-corrected chi connectivity index (χ4v) is 3.20. The molecule has 0 radical (unpaired) electrons. The maximum atomic E-state index is 12.0. The van der Waals surface area contributed by atoms with Gasteiger partial charge in [-0.25, -0.2) is 4.99 Å². The number of aliphatic imine (C=N–C) groups is 1. The standard InChI is InChI=1S/C21H34N4O3.HI/c1-4-22-21(23-14-13-20(26)25-17-9-5-6-10-17)24-15-16(2)28-19-12-8-7-11-18(19)27-3;/h7-8,11-12,16-17H,4-6,9-10,13-15H2,1-3H3,(H,25,26)(H2,22,23,24);1H. The van der Waals surface area contributed by atoms with E-state index in [2.05, 4.69) is 20.9 Å². The molecule has 0 spiro atoms. The summed E-state index contributed by atoms with van der Waals surface area (Å²) < 4.78 is 11.2. The van der Waals surface area contributed by atoms with Crippen LogP contribution in [0.4, 0.5) is 0 Å². The summed E-state index contributed by atoms with van der Waals surface area (Å²) in [6.07, 6.45) is 4.97. The third-order valence-corrected chi connectivity index (χ3v) is 4.61. The van der Waals surface area contributed by atoms with Gasteiger partial charge in [-0.2, -0.15) is 0 Å². The number of hydrogen-bond donors (Lipinski definition) is 3. The average Bonchev–Trinajstić information content (AvgIpc) is 3.19. The van der Waals surface area contributed by atoms with Crippen LogP contribution in [0.25, 0.3) is 0 Å². The zero-order chi connectivity index (χ0) is 20.2.